The summed E-state index contributed by atoms with van der Waals surface area (Å²) in [6, 6.07) is 1.89. The molecule has 1 amide bonds. The molecule has 1 aliphatic heterocycles. The molecule has 12 heteroatoms. The van der Waals surface area contributed by atoms with Gasteiger partial charge in [-0.1, -0.05) is 0 Å². The number of halogens is 3. The first kappa shape index (κ1) is 24.5. The Morgan fingerprint density at radius 2 is 2.00 bits per heavy atom. The van der Waals surface area contributed by atoms with E-state index in [0.29, 0.717) is 35.5 Å². The van der Waals surface area contributed by atoms with E-state index in [0.717, 1.165) is 44.4 Å². The SMILES string of the molecule is COC1([C@H]2C(=O)Nc3c(C)nc(N[C@H]4C[C@@H](COc5ccc(C(F)(F)F)nc5)C4)nc3N2C)CCC1. The highest BCUT2D eigenvalue weighted by molar-refractivity contribution is 6.04. The van der Waals surface area contributed by atoms with Gasteiger partial charge in [-0.05, 0) is 57.1 Å². The van der Waals surface area contributed by atoms with Crippen LogP contribution in [0.3, 0.4) is 0 Å². The van der Waals surface area contributed by atoms with Gasteiger partial charge in [0.15, 0.2) is 5.82 Å². The molecule has 2 N–H and O–H groups in total. The van der Waals surface area contributed by atoms with Gasteiger partial charge >= 0.3 is 6.18 Å². The Balaban J connectivity index is 1.18. The highest BCUT2D eigenvalue weighted by Crippen LogP contribution is 2.45. The fourth-order valence-corrected chi connectivity index (χ4v) is 5.24. The highest BCUT2D eigenvalue weighted by Gasteiger charge is 2.52. The summed E-state index contributed by atoms with van der Waals surface area (Å²) in [5, 5.41) is 6.34. The molecule has 36 heavy (non-hydrogen) atoms. The van der Waals surface area contributed by atoms with Crippen molar-refractivity contribution in [1.29, 1.82) is 0 Å². The third-order valence-corrected chi connectivity index (χ3v) is 7.47. The molecule has 0 bridgehead atoms. The Kier molecular flexibility index (Phi) is 6.17. The van der Waals surface area contributed by atoms with Gasteiger partial charge < -0.3 is 25.0 Å². The van der Waals surface area contributed by atoms with E-state index in [2.05, 4.69) is 20.6 Å². The quantitative estimate of drug-likeness (QED) is 0.585. The maximum Gasteiger partial charge on any atom is 0.433 e. The van der Waals surface area contributed by atoms with Crippen molar-refractivity contribution in [1.82, 2.24) is 15.0 Å². The van der Waals surface area contributed by atoms with Crippen LogP contribution in [-0.2, 0) is 15.7 Å². The molecule has 0 aromatic carbocycles. The number of pyridine rings is 1. The summed E-state index contributed by atoms with van der Waals surface area (Å²) in [6.45, 7) is 2.23. The van der Waals surface area contributed by atoms with Crippen LogP contribution >= 0.6 is 0 Å². The number of anilines is 3. The second kappa shape index (κ2) is 9.06. The number of aryl methyl sites for hydroxylation is 1. The van der Waals surface area contributed by atoms with Gasteiger partial charge in [-0.25, -0.2) is 9.97 Å². The van der Waals surface area contributed by atoms with Crippen LogP contribution in [0.5, 0.6) is 5.75 Å². The van der Waals surface area contributed by atoms with Crippen LogP contribution in [-0.4, -0.2) is 59.3 Å². The largest absolute Gasteiger partial charge is 0.492 e. The molecule has 9 nitrogen and oxygen atoms in total. The van der Waals surface area contributed by atoms with Crippen LogP contribution in [0, 0.1) is 12.8 Å². The third kappa shape index (κ3) is 4.42. The summed E-state index contributed by atoms with van der Waals surface area (Å²) < 4.78 is 49.3. The van der Waals surface area contributed by atoms with Crippen molar-refractivity contribution in [2.45, 2.75) is 62.9 Å². The number of carbonyl (C=O) groups is 1. The molecular formula is C24H29F3N6O3. The molecule has 0 radical (unpaired) electrons. The number of nitrogens with zero attached hydrogens (tertiary/aromatic N) is 4. The van der Waals surface area contributed by atoms with Crippen molar-refractivity contribution in [3.63, 3.8) is 0 Å². The lowest BCUT2D eigenvalue weighted by Gasteiger charge is -2.50. The van der Waals surface area contributed by atoms with E-state index < -0.39 is 23.5 Å². The fraction of sp³-hybridized carbons (Fsp3) is 0.583. The van der Waals surface area contributed by atoms with Gasteiger partial charge in [0.2, 0.25) is 11.9 Å². The second-order valence-corrected chi connectivity index (χ2v) is 9.82. The third-order valence-electron chi connectivity index (χ3n) is 7.47. The van der Waals surface area contributed by atoms with Crippen molar-refractivity contribution in [2.24, 2.45) is 5.92 Å². The minimum atomic E-state index is -4.47. The average Bonchev–Trinajstić information content (AvgIpc) is 2.77. The lowest BCUT2D eigenvalue weighted by Crippen LogP contribution is -2.64. The van der Waals surface area contributed by atoms with E-state index in [1.807, 2.05) is 18.9 Å². The molecule has 0 spiro atoms. The predicted octanol–water partition coefficient (Wildman–Crippen LogP) is 3.79. The van der Waals surface area contributed by atoms with Gasteiger partial charge in [0, 0.05) is 20.2 Å². The Morgan fingerprint density at radius 3 is 2.58 bits per heavy atom. The van der Waals surface area contributed by atoms with Gasteiger partial charge in [0.05, 0.1) is 24.1 Å². The number of methoxy groups -OCH3 is 1. The van der Waals surface area contributed by atoms with E-state index >= 15 is 0 Å². The van der Waals surface area contributed by atoms with Gasteiger partial charge in [-0.2, -0.15) is 18.2 Å². The van der Waals surface area contributed by atoms with Crippen molar-refractivity contribution < 1.29 is 27.4 Å². The monoisotopic (exact) mass is 506 g/mol. The molecule has 2 aliphatic carbocycles. The topological polar surface area (TPSA) is 102 Å². The molecule has 2 aromatic heterocycles. The molecular weight excluding hydrogens is 477 g/mol. The molecule has 3 aliphatic rings. The van der Waals surface area contributed by atoms with Crippen LogP contribution in [0.2, 0.25) is 0 Å². The van der Waals surface area contributed by atoms with Crippen molar-refractivity contribution in [3.05, 3.63) is 29.7 Å². The zero-order chi connectivity index (χ0) is 25.7. The van der Waals surface area contributed by atoms with E-state index in [4.69, 9.17) is 14.5 Å². The minimum absolute atomic E-state index is 0.107. The second-order valence-electron chi connectivity index (χ2n) is 9.82. The number of amides is 1. The van der Waals surface area contributed by atoms with Gasteiger partial charge in [0.1, 0.15) is 23.2 Å². The maximum absolute atomic E-state index is 12.9. The molecule has 1 atom stereocenters. The van der Waals surface area contributed by atoms with E-state index in [1.54, 1.807) is 7.11 Å². The standard InChI is InChI=1S/C24H29F3N6O3/c1-13-18-20(33(2)19(21(34)31-18)23(35-3)7-4-8-23)32-22(29-13)30-15-9-14(10-15)12-36-16-5-6-17(28-11-16)24(25,26)27/h5-6,11,14-15,19H,4,7-10,12H2,1-3H3,(H,31,34)(H,29,30,32)/t14-,15+,19-/m1/s1. The number of aromatic nitrogens is 3. The zero-order valence-electron chi connectivity index (χ0n) is 20.4. The number of rotatable bonds is 7. The molecule has 2 aromatic rings. The van der Waals surface area contributed by atoms with Crippen LogP contribution in [0.4, 0.5) is 30.6 Å². The zero-order valence-corrected chi connectivity index (χ0v) is 20.4. The summed E-state index contributed by atoms with van der Waals surface area (Å²) in [5.74, 6) is 1.61. The summed E-state index contributed by atoms with van der Waals surface area (Å²) in [5.41, 5.74) is -0.160. The molecule has 2 saturated carbocycles. The maximum atomic E-state index is 12.9. The van der Waals surface area contributed by atoms with E-state index in [-0.39, 0.29) is 17.9 Å². The number of alkyl halides is 3. The Labute approximate surface area is 206 Å². The summed E-state index contributed by atoms with van der Waals surface area (Å²) in [7, 11) is 3.52. The predicted molar refractivity (Wildman–Crippen MR) is 126 cm³/mol. The molecule has 0 saturated heterocycles. The summed E-state index contributed by atoms with van der Waals surface area (Å²) in [4.78, 5) is 27.5. The Bertz CT molecular complexity index is 1130. The number of ether oxygens (including phenoxy) is 2. The number of fused-ring (bicyclic) bond motifs is 1. The number of carbonyl (C=O) groups excluding carboxylic acids is 1. The van der Waals surface area contributed by atoms with E-state index in [1.165, 1.54) is 6.07 Å². The smallest absolute Gasteiger partial charge is 0.433 e. The van der Waals surface area contributed by atoms with Crippen molar-refractivity contribution >= 4 is 23.4 Å². The first-order chi connectivity index (χ1) is 17.1. The number of hydrogen-bond donors (Lipinski definition) is 2. The minimum Gasteiger partial charge on any atom is -0.492 e. The van der Waals surface area contributed by atoms with Gasteiger partial charge in [-0.15, -0.1) is 0 Å². The first-order valence-electron chi connectivity index (χ1n) is 12.0. The normalized spacial score (nSPS) is 24.8. The lowest BCUT2D eigenvalue weighted by molar-refractivity contribution is -0.141. The van der Waals surface area contributed by atoms with Crippen molar-refractivity contribution in [2.75, 3.05) is 36.3 Å². The molecule has 3 heterocycles. The van der Waals surface area contributed by atoms with Crippen LogP contribution in [0.25, 0.3) is 0 Å². The number of likely N-dealkylation sites (N-methyl/N-ethyl adjacent to an activating group) is 1. The Morgan fingerprint density at radius 1 is 1.25 bits per heavy atom. The van der Waals surface area contributed by atoms with Gasteiger partial charge in [-0.3, -0.25) is 4.79 Å². The van der Waals surface area contributed by atoms with Crippen molar-refractivity contribution in [3.8, 4) is 5.75 Å². The number of nitrogens with one attached hydrogen (secondary N) is 2. The highest BCUT2D eigenvalue weighted by atomic mass is 19.4. The summed E-state index contributed by atoms with van der Waals surface area (Å²) in [6.07, 6.45) is 0.934. The number of hydrogen-bond acceptors (Lipinski definition) is 8. The average molecular weight is 507 g/mol. The Hall–Kier alpha value is -3.15. The molecule has 0 unspecified atom stereocenters. The molecule has 2 fully saturated rings. The fourth-order valence-electron chi connectivity index (χ4n) is 5.24. The van der Waals surface area contributed by atoms with Crippen LogP contribution in [0.15, 0.2) is 18.3 Å². The lowest BCUT2D eigenvalue weighted by atomic mass is 9.73. The van der Waals surface area contributed by atoms with Gasteiger partial charge in [0.25, 0.3) is 0 Å². The van der Waals surface area contributed by atoms with Crippen LogP contribution in [0.1, 0.15) is 43.5 Å². The summed E-state index contributed by atoms with van der Waals surface area (Å²) >= 11 is 0. The van der Waals surface area contributed by atoms with E-state index in [9.17, 15) is 18.0 Å². The molecule has 194 valence electrons. The molecule has 5 rings (SSSR count). The van der Waals surface area contributed by atoms with Crippen LogP contribution < -0.4 is 20.3 Å². The first-order valence-corrected chi connectivity index (χ1v) is 12.0.